The van der Waals surface area contributed by atoms with Crippen LogP contribution in [-0.4, -0.2) is 37.2 Å². The number of furan rings is 1. The monoisotopic (exact) mass is 456 g/mol. The summed E-state index contributed by atoms with van der Waals surface area (Å²) in [5.41, 5.74) is 0.852. The second-order valence-corrected chi connectivity index (χ2v) is 8.17. The first kappa shape index (κ1) is 22.3. The van der Waals surface area contributed by atoms with E-state index in [-0.39, 0.29) is 17.5 Å². The predicted octanol–water partition coefficient (Wildman–Crippen LogP) is 5.07. The molecule has 9 heteroatoms. The number of hydrogen-bond acceptors (Lipinski definition) is 6. The molecule has 8 nitrogen and oxygen atoms in total. The molecule has 1 aliphatic heterocycles. The van der Waals surface area contributed by atoms with Crippen LogP contribution in [-0.2, 0) is 9.53 Å². The van der Waals surface area contributed by atoms with Crippen molar-refractivity contribution in [3.8, 4) is 23.4 Å². The number of carboxylic acids is 1. The molecular formula is C23H25ClN4O4. The standard InChI is InChI=1S/C23H25ClN4O4/c1-2-3-4-5-6-7-10-17-25-20(24)19-22(26-17)28(21(27-19)16-9-8-12-31-16)23-15(11-13-32-23)14-18(29)30/h8-9,12,15,23H,2-6,11,13-14H2,1H3,(H,29,30)/t15-,23-/m1/s1. The smallest absolute Gasteiger partial charge is 0.303 e. The molecule has 4 heterocycles. The normalized spacial score (nSPS) is 18.1. The van der Waals surface area contributed by atoms with E-state index < -0.39 is 12.2 Å². The Kier molecular flexibility index (Phi) is 7.08. The van der Waals surface area contributed by atoms with E-state index in [1.54, 1.807) is 23.0 Å². The Morgan fingerprint density at radius 3 is 2.94 bits per heavy atom. The fourth-order valence-electron chi connectivity index (χ4n) is 3.93. The number of aliphatic carboxylic acids is 1. The highest BCUT2D eigenvalue weighted by atomic mass is 35.5. The first-order valence-corrected chi connectivity index (χ1v) is 11.3. The lowest BCUT2D eigenvalue weighted by Crippen LogP contribution is -2.19. The first-order valence-electron chi connectivity index (χ1n) is 10.9. The van der Waals surface area contributed by atoms with Gasteiger partial charge in [0.05, 0.1) is 12.7 Å². The van der Waals surface area contributed by atoms with Crippen molar-refractivity contribution in [3.05, 3.63) is 29.4 Å². The minimum absolute atomic E-state index is 0.0226. The van der Waals surface area contributed by atoms with Crippen molar-refractivity contribution in [2.24, 2.45) is 5.92 Å². The van der Waals surface area contributed by atoms with E-state index in [1.807, 2.05) is 0 Å². The van der Waals surface area contributed by atoms with Gasteiger partial charge in [-0.25, -0.2) is 15.0 Å². The van der Waals surface area contributed by atoms with Crippen molar-refractivity contribution in [2.75, 3.05) is 6.61 Å². The Hall–Kier alpha value is -2.89. The van der Waals surface area contributed by atoms with Crippen LogP contribution in [0.3, 0.4) is 0 Å². The van der Waals surface area contributed by atoms with Gasteiger partial charge >= 0.3 is 5.97 Å². The fourth-order valence-corrected chi connectivity index (χ4v) is 4.14. The first-order chi connectivity index (χ1) is 15.6. The van der Waals surface area contributed by atoms with Crippen LogP contribution in [0.5, 0.6) is 0 Å². The molecule has 3 aromatic rings. The molecule has 2 atom stereocenters. The van der Waals surface area contributed by atoms with Crippen LogP contribution in [0, 0.1) is 17.8 Å². The summed E-state index contributed by atoms with van der Waals surface area (Å²) < 4.78 is 13.3. The zero-order chi connectivity index (χ0) is 22.5. The number of hydrogen-bond donors (Lipinski definition) is 1. The SMILES string of the molecule is CCCCCCC#Cc1nc(Cl)c2nc(-c3ccco3)n([C@@H]3OCC[C@@H]3CC(=O)O)c2n1. The van der Waals surface area contributed by atoms with Gasteiger partial charge in [-0.15, -0.1) is 0 Å². The number of nitrogens with zero attached hydrogens (tertiary/aromatic N) is 4. The summed E-state index contributed by atoms with van der Waals surface area (Å²) >= 11 is 6.46. The fraction of sp³-hybridized carbons (Fsp3) is 0.478. The maximum Gasteiger partial charge on any atom is 0.303 e. The molecule has 1 aliphatic rings. The van der Waals surface area contributed by atoms with E-state index >= 15 is 0 Å². The van der Waals surface area contributed by atoms with Crippen molar-refractivity contribution in [1.29, 1.82) is 0 Å². The van der Waals surface area contributed by atoms with Crippen LogP contribution in [0.15, 0.2) is 22.8 Å². The highest BCUT2D eigenvalue weighted by molar-refractivity contribution is 6.33. The van der Waals surface area contributed by atoms with Crippen molar-refractivity contribution in [2.45, 2.75) is 58.1 Å². The topological polar surface area (TPSA) is 103 Å². The number of unbranched alkanes of at least 4 members (excludes halogenated alkanes) is 4. The van der Waals surface area contributed by atoms with Crippen molar-refractivity contribution in [3.63, 3.8) is 0 Å². The van der Waals surface area contributed by atoms with Crippen molar-refractivity contribution >= 4 is 28.7 Å². The molecule has 0 amide bonds. The van der Waals surface area contributed by atoms with Gasteiger partial charge in [-0.3, -0.25) is 9.36 Å². The summed E-state index contributed by atoms with van der Waals surface area (Å²) in [4.78, 5) is 25.0. The lowest BCUT2D eigenvalue weighted by Gasteiger charge is -2.20. The summed E-state index contributed by atoms with van der Waals surface area (Å²) in [6, 6.07) is 3.53. The lowest BCUT2D eigenvalue weighted by atomic mass is 10.0. The van der Waals surface area contributed by atoms with Crippen molar-refractivity contribution < 1.29 is 19.1 Å². The lowest BCUT2D eigenvalue weighted by molar-refractivity contribution is -0.139. The van der Waals surface area contributed by atoms with Gasteiger partial charge in [-0.05, 0) is 30.9 Å². The van der Waals surface area contributed by atoms with Crippen LogP contribution in [0.25, 0.3) is 22.7 Å². The molecule has 1 N–H and O–H groups in total. The quantitative estimate of drug-likeness (QED) is 0.286. The summed E-state index contributed by atoms with van der Waals surface area (Å²) in [6.45, 7) is 2.62. The maximum atomic E-state index is 11.4. The van der Waals surface area contributed by atoms with Gasteiger partial charge in [0.1, 0.15) is 11.7 Å². The molecule has 1 saturated heterocycles. The number of fused-ring (bicyclic) bond motifs is 1. The molecule has 0 saturated carbocycles. The summed E-state index contributed by atoms with van der Waals surface area (Å²) in [5, 5.41) is 9.54. The molecule has 3 aromatic heterocycles. The van der Waals surface area contributed by atoms with Gasteiger partial charge in [0.2, 0.25) is 5.82 Å². The Balaban J connectivity index is 1.75. The maximum absolute atomic E-state index is 11.4. The number of imidazole rings is 1. The number of ether oxygens (including phenoxy) is 1. The minimum Gasteiger partial charge on any atom is -0.481 e. The molecule has 0 bridgehead atoms. The third-order valence-electron chi connectivity index (χ3n) is 5.47. The zero-order valence-electron chi connectivity index (χ0n) is 17.9. The molecule has 32 heavy (non-hydrogen) atoms. The second-order valence-electron chi connectivity index (χ2n) is 7.81. The largest absolute Gasteiger partial charge is 0.481 e. The molecule has 168 valence electrons. The number of carboxylic acid groups (broad SMARTS) is 1. The van der Waals surface area contributed by atoms with Gasteiger partial charge in [0.25, 0.3) is 0 Å². The predicted molar refractivity (Wildman–Crippen MR) is 119 cm³/mol. The van der Waals surface area contributed by atoms with E-state index in [0.29, 0.717) is 41.6 Å². The summed E-state index contributed by atoms with van der Waals surface area (Å²) in [5.74, 6) is 6.29. The average Bonchev–Trinajstić information content (AvgIpc) is 3.49. The van der Waals surface area contributed by atoms with Crippen LogP contribution < -0.4 is 0 Å². The summed E-state index contributed by atoms with van der Waals surface area (Å²) in [7, 11) is 0. The zero-order valence-corrected chi connectivity index (χ0v) is 18.6. The van der Waals surface area contributed by atoms with E-state index in [1.165, 1.54) is 12.8 Å². The van der Waals surface area contributed by atoms with Crippen LogP contribution in [0.1, 0.15) is 63.9 Å². The number of carbonyl (C=O) groups is 1. The van der Waals surface area contributed by atoms with E-state index in [2.05, 4.69) is 33.7 Å². The highest BCUT2D eigenvalue weighted by Gasteiger charge is 2.36. The molecule has 0 spiro atoms. The van der Waals surface area contributed by atoms with Gasteiger partial charge < -0.3 is 14.3 Å². The number of rotatable bonds is 8. The van der Waals surface area contributed by atoms with E-state index in [4.69, 9.17) is 20.8 Å². The van der Waals surface area contributed by atoms with Crippen molar-refractivity contribution in [1.82, 2.24) is 19.5 Å². The Morgan fingerprint density at radius 2 is 2.19 bits per heavy atom. The molecular weight excluding hydrogens is 432 g/mol. The molecule has 0 radical (unpaired) electrons. The number of halogens is 1. The molecule has 1 fully saturated rings. The summed E-state index contributed by atoms with van der Waals surface area (Å²) in [6.07, 6.45) is 6.91. The van der Waals surface area contributed by atoms with Gasteiger partial charge in [-0.1, -0.05) is 43.7 Å². The molecule has 0 aliphatic carbocycles. The Labute approximate surface area is 191 Å². The molecule has 4 rings (SSSR count). The van der Waals surface area contributed by atoms with Gasteiger partial charge in [0, 0.05) is 18.9 Å². The number of aromatic nitrogens is 4. The Morgan fingerprint density at radius 1 is 1.31 bits per heavy atom. The van der Waals surface area contributed by atoms with Crippen LogP contribution >= 0.6 is 11.6 Å². The molecule has 0 aromatic carbocycles. The third kappa shape index (κ3) is 4.79. The second kappa shape index (κ2) is 10.2. The van der Waals surface area contributed by atoms with E-state index in [0.717, 1.165) is 19.3 Å². The minimum atomic E-state index is -0.878. The van der Waals surface area contributed by atoms with Crippen LogP contribution in [0.4, 0.5) is 0 Å². The molecule has 0 unspecified atom stereocenters. The van der Waals surface area contributed by atoms with Crippen LogP contribution in [0.2, 0.25) is 5.15 Å². The average molecular weight is 457 g/mol. The van der Waals surface area contributed by atoms with Gasteiger partial charge in [-0.2, -0.15) is 0 Å². The highest BCUT2D eigenvalue weighted by Crippen LogP contribution is 2.39. The Bertz CT molecular complexity index is 1150. The third-order valence-corrected chi connectivity index (χ3v) is 5.73. The van der Waals surface area contributed by atoms with Gasteiger partial charge in [0.15, 0.2) is 22.4 Å². The van der Waals surface area contributed by atoms with E-state index in [9.17, 15) is 9.90 Å².